The fraction of sp³-hybridized carbons (Fsp3) is 0.273. The number of rotatable bonds is 1. The van der Waals surface area contributed by atoms with Crippen LogP contribution in [0.3, 0.4) is 0 Å². The van der Waals surface area contributed by atoms with E-state index >= 15 is 0 Å². The Morgan fingerprint density at radius 3 is 2.86 bits per heavy atom. The SMILES string of the molecule is CC1(c2ccccn2)CC=C(N)C=N1. The highest BCUT2D eigenvalue weighted by molar-refractivity contribution is 5.78. The van der Waals surface area contributed by atoms with E-state index in [4.69, 9.17) is 5.73 Å². The summed E-state index contributed by atoms with van der Waals surface area (Å²) in [7, 11) is 0. The van der Waals surface area contributed by atoms with Gasteiger partial charge in [-0.15, -0.1) is 0 Å². The Morgan fingerprint density at radius 1 is 1.43 bits per heavy atom. The van der Waals surface area contributed by atoms with Gasteiger partial charge in [-0.25, -0.2) is 0 Å². The summed E-state index contributed by atoms with van der Waals surface area (Å²) < 4.78 is 0. The summed E-state index contributed by atoms with van der Waals surface area (Å²) in [4.78, 5) is 8.75. The Kier molecular flexibility index (Phi) is 2.08. The number of allylic oxidation sites excluding steroid dienone is 1. The van der Waals surface area contributed by atoms with Crippen LogP contribution in [0.4, 0.5) is 0 Å². The second-order valence-corrected chi connectivity index (χ2v) is 3.66. The molecule has 1 atom stereocenters. The predicted molar refractivity (Wildman–Crippen MR) is 57.0 cm³/mol. The molecule has 2 rings (SSSR count). The van der Waals surface area contributed by atoms with E-state index in [0.29, 0.717) is 0 Å². The van der Waals surface area contributed by atoms with Crippen molar-refractivity contribution in [3.63, 3.8) is 0 Å². The molecule has 0 aromatic carbocycles. The maximum Gasteiger partial charge on any atom is 0.103 e. The number of nitrogens with two attached hydrogens (primary N) is 1. The van der Waals surface area contributed by atoms with Crippen molar-refractivity contribution in [1.82, 2.24) is 4.98 Å². The van der Waals surface area contributed by atoms with Crippen molar-refractivity contribution in [1.29, 1.82) is 0 Å². The molecule has 1 aromatic rings. The molecule has 3 heteroatoms. The molecule has 1 aliphatic heterocycles. The zero-order chi connectivity index (χ0) is 10.0. The smallest absolute Gasteiger partial charge is 0.103 e. The van der Waals surface area contributed by atoms with Crippen LogP contribution in [0, 0.1) is 0 Å². The molecular weight excluding hydrogens is 174 g/mol. The van der Waals surface area contributed by atoms with Crippen molar-refractivity contribution in [3.05, 3.63) is 41.9 Å². The molecule has 0 bridgehead atoms. The largest absolute Gasteiger partial charge is 0.398 e. The van der Waals surface area contributed by atoms with E-state index in [0.717, 1.165) is 17.8 Å². The van der Waals surface area contributed by atoms with Crippen LogP contribution in [0.15, 0.2) is 41.2 Å². The average molecular weight is 187 g/mol. The molecule has 0 saturated carbocycles. The highest BCUT2D eigenvalue weighted by Crippen LogP contribution is 2.29. The van der Waals surface area contributed by atoms with Gasteiger partial charge in [0.2, 0.25) is 0 Å². The summed E-state index contributed by atoms with van der Waals surface area (Å²) in [6, 6.07) is 5.88. The highest BCUT2D eigenvalue weighted by Gasteiger charge is 2.27. The number of aromatic nitrogens is 1. The van der Waals surface area contributed by atoms with Crippen molar-refractivity contribution < 1.29 is 0 Å². The summed E-state index contributed by atoms with van der Waals surface area (Å²) in [5.41, 5.74) is 7.10. The lowest BCUT2D eigenvalue weighted by molar-refractivity contribution is 0.486. The van der Waals surface area contributed by atoms with Crippen molar-refractivity contribution in [2.45, 2.75) is 18.9 Å². The third-order valence-corrected chi connectivity index (χ3v) is 2.45. The van der Waals surface area contributed by atoms with Crippen molar-refractivity contribution in [2.75, 3.05) is 0 Å². The van der Waals surface area contributed by atoms with Crippen LogP contribution in [-0.4, -0.2) is 11.2 Å². The Labute approximate surface area is 83.4 Å². The third-order valence-electron chi connectivity index (χ3n) is 2.45. The number of dihydropyridines is 1. The number of pyridine rings is 1. The predicted octanol–water partition coefficient (Wildman–Crippen LogP) is 1.61. The van der Waals surface area contributed by atoms with Crippen LogP contribution in [-0.2, 0) is 5.54 Å². The van der Waals surface area contributed by atoms with Crippen molar-refractivity contribution >= 4 is 6.21 Å². The van der Waals surface area contributed by atoms with Gasteiger partial charge in [-0.2, -0.15) is 0 Å². The maximum atomic E-state index is 5.63. The summed E-state index contributed by atoms with van der Waals surface area (Å²) in [5.74, 6) is 0. The Balaban J connectivity index is 2.32. The molecule has 0 amide bonds. The zero-order valence-electron chi connectivity index (χ0n) is 8.14. The molecule has 14 heavy (non-hydrogen) atoms. The Bertz CT molecular complexity index is 381. The fourth-order valence-corrected chi connectivity index (χ4v) is 1.49. The summed E-state index contributed by atoms with van der Waals surface area (Å²) >= 11 is 0. The zero-order valence-corrected chi connectivity index (χ0v) is 8.14. The van der Waals surface area contributed by atoms with E-state index in [-0.39, 0.29) is 5.54 Å². The lowest BCUT2D eigenvalue weighted by Crippen LogP contribution is -2.24. The molecule has 3 nitrogen and oxygen atoms in total. The van der Waals surface area contributed by atoms with Crippen LogP contribution in [0.25, 0.3) is 0 Å². The van der Waals surface area contributed by atoms with Gasteiger partial charge >= 0.3 is 0 Å². The van der Waals surface area contributed by atoms with Gasteiger partial charge in [0.15, 0.2) is 0 Å². The average Bonchev–Trinajstić information content (AvgIpc) is 2.24. The number of aliphatic imine (C=N–C) groups is 1. The first-order chi connectivity index (χ1) is 6.71. The molecule has 1 aromatic heterocycles. The molecule has 0 spiro atoms. The monoisotopic (exact) mass is 187 g/mol. The van der Waals surface area contributed by atoms with Gasteiger partial charge in [0.1, 0.15) is 5.54 Å². The lowest BCUT2D eigenvalue weighted by atomic mass is 9.91. The molecule has 2 N–H and O–H groups in total. The summed E-state index contributed by atoms with van der Waals surface area (Å²) in [5, 5.41) is 0. The van der Waals surface area contributed by atoms with Gasteiger partial charge < -0.3 is 5.73 Å². The molecule has 2 heterocycles. The van der Waals surface area contributed by atoms with E-state index in [1.165, 1.54) is 0 Å². The molecule has 1 aliphatic rings. The first-order valence-corrected chi connectivity index (χ1v) is 4.63. The number of hydrogen-bond acceptors (Lipinski definition) is 3. The van der Waals surface area contributed by atoms with E-state index < -0.39 is 0 Å². The molecule has 0 fully saturated rings. The molecule has 72 valence electrons. The van der Waals surface area contributed by atoms with E-state index in [9.17, 15) is 0 Å². The van der Waals surface area contributed by atoms with E-state index in [1.54, 1.807) is 12.4 Å². The minimum Gasteiger partial charge on any atom is -0.398 e. The maximum absolute atomic E-state index is 5.63. The van der Waals surface area contributed by atoms with Crippen LogP contribution < -0.4 is 5.73 Å². The first-order valence-electron chi connectivity index (χ1n) is 4.63. The topological polar surface area (TPSA) is 51.3 Å². The standard InChI is InChI=1S/C11H13N3/c1-11(6-5-9(12)8-14-11)10-4-2-3-7-13-10/h2-5,7-8H,6,12H2,1H3. The first kappa shape index (κ1) is 8.94. The van der Waals surface area contributed by atoms with Crippen molar-refractivity contribution in [3.8, 4) is 0 Å². The molecule has 0 saturated heterocycles. The lowest BCUT2D eigenvalue weighted by Gasteiger charge is -2.25. The summed E-state index contributed by atoms with van der Waals surface area (Å²) in [6.45, 7) is 2.06. The minimum atomic E-state index is -0.246. The molecule has 0 radical (unpaired) electrons. The third kappa shape index (κ3) is 1.53. The van der Waals surface area contributed by atoms with Crippen LogP contribution in [0.2, 0.25) is 0 Å². The van der Waals surface area contributed by atoms with Gasteiger partial charge in [0.25, 0.3) is 0 Å². The fourth-order valence-electron chi connectivity index (χ4n) is 1.49. The minimum absolute atomic E-state index is 0.246. The number of nitrogens with zero attached hydrogens (tertiary/aromatic N) is 2. The van der Waals surface area contributed by atoms with Gasteiger partial charge in [0.05, 0.1) is 5.69 Å². The Morgan fingerprint density at radius 2 is 2.29 bits per heavy atom. The normalized spacial score (nSPS) is 25.9. The molecular formula is C11H13N3. The molecule has 1 unspecified atom stereocenters. The van der Waals surface area contributed by atoms with Gasteiger partial charge in [-0.3, -0.25) is 9.98 Å². The van der Waals surface area contributed by atoms with Crippen LogP contribution in [0.1, 0.15) is 19.0 Å². The van der Waals surface area contributed by atoms with Crippen molar-refractivity contribution in [2.24, 2.45) is 10.7 Å². The van der Waals surface area contributed by atoms with Crippen LogP contribution >= 0.6 is 0 Å². The van der Waals surface area contributed by atoms with E-state index in [2.05, 4.69) is 16.9 Å². The van der Waals surface area contributed by atoms with E-state index in [1.807, 2.05) is 24.3 Å². The second-order valence-electron chi connectivity index (χ2n) is 3.66. The highest BCUT2D eigenvalue weighted by atomic mass is 14.9. The summed E-state index contributed by atoms with van der Waals surface area (Å²) in [6.07, 6.45) is 6.30. The van der Waals surface area contributed by atoms with Crippen LogP contribution in [0.5, 0.6) is 0 Å². The van der Waals surface area contributed by atoms with Gasteiger partial charge in [-0.1, -0.05) is 12.1 Å². The number of hydrogen-bond donors (Lipinski definition) is 1. The molecule has 0 aliphatic carbocycles. The van der Waals surface area contributed by atoms with Gasteiger partial charge in [-0.05, 0) is 25.5 Å². The second kappa shape index (κ2) is 3.25. The quantitative estimate of drug-likeness (QED) is 0.726. The van der Waals surface area contributed by atoms with Gasteiger partial charge in [0, 0.05) is 18.1 Å². The Hall–Kier alpha value is -1.64.